The van der Waals surface area contributed by atoms with Crippen LogP contribution in [0.15, 0.2) is 84.8 Å². The Morgan fingerprint density at radius 1 is 1.00 bits per heavy atom. The van der Waals surface area contributed by atoms with Gasteiger partial charge in [-0.1, -0.05) is 66.7 Å². The number of benzene rings is 2. The molecule has 0 aliphatic rings. The van der Waals surface area contributed by atoms with Crippen LogP contribution in [0.5, 0.6) is 0 Å². The van der Waals surface area contributed by atoms with E-state index in [1.807, 2.05) is 60.7 Å². The summed E-state index contributed by atoms with van der Waals surface area (Å²) in [6.45, 7) is 0. The Labute approximate surface area is 163 Å². The van der Waals surface area contributed by atoms with E-state index in [2.05, 4.69) is 9.97 Å². The smallest absolute Gasteiger partial charge is 0.189 e. The molecule has 3 rings (SSSR count). The zero-order chi connectivity index (χ0) is 19.8. The summed E-state index contributed by atoms with van der Waals surface area (Å²) in [7, 11) is 0. The van der Waals surface area contributed by atoms with E-state index in [-0.39, 0.29) is 17.8 Å². The minimum Gasteiger partial charge on any atom is -0.348 e. The Kier molecular flexibility index (Phi) is 6.44. The average molecular weight is 371 g/mol. The first-order chi connectivity index (χ1) is 13.6. The molecule has 28 heavy (non-hydrogen) atoms. The molecule has 0 saturated heterocycles. The van der Waals surface area contributed by atoms with Crippen molar-refractivity contribution in [2.45, 2.75) is 12.5 Å². The molecule has 0 radical (unpaired) electrons. The first kappa shape index (κ1) is 19.2. The van der Waals surface area contributed by atoms with Gasteiger partial charge in [0.1, 0.15) is 0 Å². The molecule has 0 bridgehead atoms. The van der Waals surface area contributed by atoms with Crippen molar-refractivity contribution >= 4 is 23.7 Å². The molecule has 0 aliphatic heterocycles. The number of hydrogen-bond acceptors (Lipinski definition) is 4. The van der Waals surface area contributed by atoms with Crippen LogP contribution < -0.4 is 5.73 Å². The van der Waals surface area contributed by atoms with Crippen molar-refractivity contribution in [3.8, 4) is 0 Å². The number of nitrogens with one attached hydrogen (secondary N) is 1. The molecule has 140 valence electrons. The van der Waals surface area contributed by atoms with Crippen LogP contribution in [-0.2, 0) is 16.0 Å². The molecular weight excluding hydrogens is 350 g/mol. The highest BCUT2D eigenvalue weighted by Gasteiger charge is 2.23. The summed E-state index contributed by atoms with van der Waals surface area (Å²) in [6, 6.07) is 17.8. The van der Waals surface area contributed by atoms with Gasteiger partial charge in [-0.25, -0.2) is 4.98 Å². The fourth-order valence-electron chi connectivity index (χ4n) is 2.73. The fraction of sp³-hybridized carbons (Fsp3) is 0.0870. The second-order valence-electron chi connectivity index (χ2n) is 6.33. The lowest BCUT2D eigenvalue weighted by molar-refractivity contribution is -0.120. The first-order valence-electron chi connectivity index (χ1n) is 8.95. The number of imidazole rings is 1. The van der Waals surface area contributed by atoms with Gasteiger partial charge in [0, 0.05) is 18.3 Å². The highest BCUT2D eigenvalue weighted by atomic mass is 16.1. The van der Waals surface area contributed by atoms with Crippen molar-refractivity contribution in [2.24, 2.45) is 5.73 Å². The molecule has 0 amide bonds. The van der Waals surface area contributed by atoms with Crippen LogP contribution in [0.1, 0.15) is 16.8 Å². The van der Waals surface area contributed by atoms with Gasteiger partial charge in [-0.2, -0.15) is 0 Å². The van der Waals surface area contributed by atoms with E-state index in [1.165, 1.54) is 12.4 Å². The molecule has 1 heterocycles. The van der Waals surface area contributed by atoms with Crippen molar-refractivity contribution in [1.82, 2.24) is 9.97 Å². The Morgan fingerprint density at radius 3 is 2.25 bits per heavy atom. The number of hydrogen-bond donors (Lipinski definition) is 2. The number of aromatic nitrogens is 2. The molecular formula is C23H21N3O2. The number of carbonyl (C=O) groups is 2. The third kappa shape index (κ3) is 5.22. The highest BCUT2D eigenvalue weighted by molar-refractivity contribution is 6.28. The third-order valence-electron chi connectivity index (χ3n) is 4.20. The zero-order valence-corrected chi connectivity index (χ0v) is 15.3. The number of rotatable bonds is 8. The van der Waals surface area contributed by atoms with Crippen molar-refractivity contribution in [3.63, 3.8) is 0 Å². The van der Waals surface area contributed by atoms with Gasteiger partial charge in [0.05, 0.1) is 17.9 Å². The molecule has 1 atom stereocenters. The predicted octanol–water partition coefficient (Wildman–Crippen LogP) is 3.21. The maximum absolute atomic E-state index is 12.9. The van der Waals surface area contributed by atoms with E-state index in [9.17, 15) is 9.59 Å². The Morgan fingerprint density at radius 2 is 1.64 bits per heavy atom. The number of carbonyl (C=O) groups excluding carboxylic acids is 2. The molecule has 0 saturated carbocycles. The van der Waals surface area contributed by atoms with Gasteiger partial charge < -0.3 is 10.7 Å². The van der Waals surface area contributed by atoms with Gasteiger partial charge in [-0.05, 0) is 23.3 Å². The van der Waals surface area contributed by atoms with Crippen molar-refractivity contribution < 1.29 is 9.59 Å². The SMILES string of the molecule is N[C@@H](Cc1cnc[nH]1)C(=O)C(=Cc1ccccc1)C(=O)C=Cc1ccccc1. The summed E-state index contributed by atoms with van der Waals surface area (Å²) in [5.41, 5.74) is 8.54. The van der Waals surface area contributed by atoms with Crippen LogP contribution in [0, 0.1) is 0 Å². The van der Waals surface area contributed by atoms with Gasteiger partial charge in [-0.3, -0.25) is 9.59 Å². The van der Waals surface area contributed by atoms with Crippen molar-refractivity contribution in [1.29, 1.82) is 0 Å². The van der Waals surface area contributed by atoms with Crippen LogP contribution in [-0.4, -0.2) is 27.6 Å². The second kappa shape index (κ2) is 9.39. The Bertz CT molecular complexity index is 975. The van der Waals surface area contributed by atoms with Crippen LogP contribution >= 0.6 is 0 Å². The summed E-state index contributed by atoms with van der Waals surface area (Å²) < 4.78 is 0. The third-order valence-corrected chi connectivity index (χ3v) is 4.20. The van der Waals surface area contributed by atoms with Gasteiger partial charge in [0.2, 0.25) is 0 Å². The first-order valence-corrected chi connectivity index (χ1v) is 8.95. The lowest BCUT2D eigenvalue weighted by Gasteiger charge is -2.11. The molecule has 3 N–H and O–H groups in total. The molecule has 2 aromatic carbocycles. The minimum absolute atomic E-state index is 0.0606. The number of Topliss-reactive ketones (excluding diaryl/α,β-unsaturated/α-hetero) is 1. The molecule has 1 aromatic heterocycles. The van der Waals surface area contributed by atoms with E-state index in [0.29, 0.717) is 0 Å². The maximum Gasteiger partial charge on any atom is 0.189 e. The maximum atomic E-state index is 12.9. The topological polar surface area (TPSA) is 88.8 Å². The van der Waals surface area contributed by atoms with Crippen LogP contribution in [0.3, 0.4) is 0 Å². The van der Waals surface area contributed by atoms with E-state index >= 15 is 0 Å². The van der Waals surface area contributed by atoms with E-state index in [4.69, 9.17) is 5.73 Å². The minimum atomic E-state index is -0.843. The number of nitrogens with zero attached hydrogens (tertiary/aromatic N) is 1. The lowest BCUT2D eigenvalue weighted by Crippen LogP contribution is -2.35. The van der Waals surface area contributed by atoms with Gasteiger partial charge in [-0.15, -0.1) is 0 Å². The molecule has 0 fully saturated rings. The highest BCUT2D eigenvalue weighted by Crippen LogP contribution is 2.13. The summed E-state index contributed by atoms with van der Waals surface area (Å²) in [5.74, 6) is -0.779. The predicted molar refractivity (Wildman–Crippen MR) is 110 cm³/mol. The second-order valence-corrected chi connectivity index (χ2v) is 6.33. The number of aromatic amines is 1. The van der Waals surface area contributed by atoms with Crippen LogP contribution in [0.25, 0.3) is 12.2 Å². The molecule has 0 spiro atoms. The van der Waals surface area contributed by atoms with Gasteiger partial charge in [0.25, 0.3) is 0 Å². The largest absolute Gasteiger partial charge is 0.348 e. The summed E-state index contributed by atoms with van der Waals surface area (Å²) in [6.07, 6.45) is 8.11. The van der Waals surface area contributed by atoms with Gasteiger partial charge in [0.15, 0.2) is 11.6 Å². The number of H-pyrrole nitrogens is 1. The normalized spacial score (nSPS) is 12.8. The Balaban J connectivity index is 1.86. The quantitative estimate of drug-likeness (QED) is 0.361. The number of ketones is 2. The van der Waals surface area contributed by atoms with Crippen molar-refractivity contribution in [2.75, 3.05) is 0 Å². The number of allylic oxidation sites excluding steroid dienone is 1. The van der Waals surface area contributed by atoms with E-state index < -0.39 is 11.8 Å². The van der Waals surface area contributed by atoms with Crippen LogP contribution in [0.4, 0.5) is 0 Å². The van der Waals surface area contributed by atoms with Crippen molar-refractivity contribution in [3.05, 3.63) is 102 Å². The Hall–Kier alpha value is -3.57. The molecule has 5 heteroatoms. The summed E-state index contributed by atoms with van der Waals surface area (Å²) in [5, 5.41) is 0. The molecule has 3 aromatic rings. The zero-order valence-electron chi connectivity index (χ0n) is 15.3. The van der Waals surface area contributed by atoms with E-state index in [0.717, 1.165) is 16.8 Å². The standard InChI is InChI=1S/C23H21N3O2/c24-21(14-19-15-25-16-26-19)23(28)20(13-18-9-5-2-6-10-18)22(27)12-11-17-7-3-1-4-8-17/h1-13,15-16,21H,14,24H2,(H,25,26)/t21-/m0/s1. The molecule has 0 unspecified atom stereocenters. The average Bonchev–Trinajstić information content (AvgIpc) is 3.24. The molecule has 5 nitrogen and oxygen atoms in total. The monoisotopic (exact) mass is 371 g/mol. The lowest BCUT2D eigenvalue weighted by atomic mass is 9.95. The van der Waals surface area contributed by atoms with Gasteiger partial charge >= 0.3 is 0 Å². The number of nitrogens with two attached hydrogens (primary N) is 1. The van der Waals surface area contributed by atoms with Crippen LogP contribution in [0.2, 0.25) is 0 Å². The summed E-state index contributed by atoms with van der Waals surface area (Å²) >= 11 is 0. The molecule has 0 aliphatic carbocycles. The summed E-state index contributed by atoms with van der Waals surface area (Å²) in [4.78, 5) is 32.6. The fourth-order valence-corrected chi connectivity index (χ4v) is 2.73. The van der Waals surface area contributed by atoms with E-state index in [1.54, 1.807) is 18.3 Å².